The van der Waals surface area contributed by atoms with E-state index in [1.165, 1.54) is 19.3 Å². The Morgan fingerprint density at radius 3 is 2.53 bits per heavy atom. The van der Waals surface area contributed by atoms with Crippen LogP contribution in [0.5, 0.6) is 11.5 Å². The molecular formula is C15H18BrClO2. The van der Waals surface area contributed by atoms with Gasteiger partial charge in [0, 0.05) is 15.9 Å². The van der Waals surface area contributed by atoms with Crippen LogP contribution in [0.25, 0.3) is 0 Å². The number of hydrogen-bond acceptors (Lipinski definition) is 2. The summed E-state index contributed by atoms with van der Waals surface area (Å²) in [5.74, 6) is 2.98. The molecule has 1 fully saturated rings. The van der Waals surface area contributed by atoms with Crippen molar-refractivity contribution in [3.63, 3.8) is 0 Å². The first-order chi connectivity index (χ1) is 9.16. The second kappa shape index (κ2) is 5.53. The molecule has 1 aliphatic heterocycles. The van der Waals surface area contributed by atoms with E-state index < -0.39 is 0 Å². The molecule has 1 aromatic carbocycles. The normalized spacial score (nSPS) is 27.3. The van der Waals surface area contributed by atoms with Gasteiger partial charge >= 0.3 is 0 Å². The highest BCUT2D eigenvalue weighted by atomic mass is 79.9. The topological polar surface area (TPSA) is 18.5 Å². The molecule has 3 unspecified atom stereocenters. The van der Waals surface area contributed by atoms with Gasteiger partial charge in [0.1, 0.15) is 13.2 Å². The first kappa shape index (κ1) is 13.6. The summed E-state index contributed by atoms with van der Waals surface area (Å²) in [5.41, 5.74) is 1.13. The predicted octanol–water partition coefficient (Wildman–Crippen LogP) is 4.98. The minimum atomic E-state index is 0.299. The predicted molar refractivity (Wildman–Crippen MR) is 80.6 cm³/mol. The largest absolute Gasteiger partial charge is 0.486 e. The summed E-state index contributed by atoms with van der Waals surface area (Å²) in [6.07, 6.45) is 3.90. The third-order valence-electron chi connectivity index (χ3n) is 4.26. The highest BCUT2D eigenvalue weighted by molar-refractivity contribution is 9.09. The molecule has 0 amide bonds. The van der Waals surface area contributed by atoms with Gasteiger partial charge in [-0.1, -0.05) is 47.3 Å². The van der Waals surface area contributed by atoms with Crippen molar-refractivity contribution in [2.45, 2.75) is 31.0 Å². The second-order valence-electron chi connectivity index (χ2n) is 5.49. The summed E-state index contributed by atoms with van der Waals surface area (Å²) in [6.45, 7) is 3.54. The average molecular weight is 346 g/mol. The summed E-state index contributed by atoms with van der Waals surface area (Å²) in [4.78, 5) is 0.299. The second-order valence-corrected chi connectivity index (χ2v) is 6.88. The van der Waals surface area contributed by atoms with Crippen LogP contribution >= 0.6 is 27.5 Å². The molecule has 0 saturated heterocycles. The minimum Gasteiger partial charge on any atom is -0.486 e. The number of hydrogen-bond donors (Lipinski definition) is 0. The van der Waals surface area contributed by atoms with Crippen LogP contribution in [0.3, 0.4) is 0 Å². The molecule has 2 aliphatic rings. The molecule has 2 nitrogen and oxygen atoms in total. The molecule has 1 saturated carbocycles. The average Bonchev–Trinajstić information content (AvgIpc) is 2.83. The van der Waals surface area contributed by atoms with E-state index in [1.807, 2.05) is 12.1 Å². The number of rotatable bonds is 2. The van der Waals surface area contributed by atoms with Crippen LogP contribution in [0.1, 0.15) is 36.6 Å². The van der Waals surface area contributed by atoms with Gasteiger partial charge < -0.3 is 9.47 Å². The Morgan fingerprint density at radius 1 is 1.21 bits per heavy atom. The third kappa shape index (κ3) is 2.59. The van der Waals surface area contributed by atoms with E-state index in [9.17, 15) is 0 Å². The number of benzene rings is 1. The molecule has 104 valence electrons. The van der Waals surface area contributed by atoms with Crippen LogP contribution in [-0.2, 0) is 0 Å². The van der Waals surface area contributed by atoms with Crippen LogP contribution in [0.4, 0.5) is 0 Å². The summed E-state index contributed by atoms with van der Waals surface area (Å²) in [6, 6.07) is 3.93. The van der Waals surface area contributed by atoms with Gasteiger partial charge in [-0.15, -0.1) is 0 Å². The van der Waals surface area contributed by atoms with Gasteiger partial charge in [-0.3, -0.25) is 0 Å². The van der Waals surface area contributed by atoms with Gasteiger partial charge in [0.05, 0.1) is 0 Å². The van der Waals surface area contributed by atoms with Gasteiger partial charge in [0.25, 0.3) is 0 Å². The Hall–Kier alpha value is -0.410. The van der Waals surface area contributed by atoms with Crippen LogP contribution in [-0.4, -0.2) is 13.2 Å². The lowest BCUT2D eigenvalue weighted by molar-refractivity contribution is 0.171. The van der Waals surface area contributed by atoms with Crippen molar-refractivity contribution < 1.29 is 9.47 Å². The molecule has 19 heavy (non-hydrogen) atoms. The van der Waals surface area contributed by atoms with Crippen molar-refractivity contribution in [1.29, 1.82) is 0 Å². The first-order valence-corrected chi connectivity index (χ1v) is 8.19. The minimum absolute atomic E-state index is 0.299. The van der Waals surface area contributed by atoms with Crippen molar-refractivity contribution in [3.05, 3.63) is 22.7 Å². The van der Waals surface area contributed by atoms with E-state index in [0.29, 0.717) is 24.0 Å². The number of halogens is 2. The van der Waals surface area contributed by atoms with Crippen molar-refractivity contribution in [2.24, 2.45) is 11.8 Å². The van der Waals surface area contributed by atoms with Gasteiger partial charge in [-0.2, -0.15) is 0 Å². The lowest BCUT2D eigenvalue weighted by Gasteiger charge is -2.25. The van der Waals surface area contributed by atoms with E-state index in [2.05, 4.69) is 22.9 Å². The fourth-order valence-electron chi connectivity index (χ4n) is 3.13. The van der Waals surface area contributed by atoms with E-state index in [4.69, 9.17) is 21.1 Å². The van der Waals surface area contributed by atoms with Crippen LogP contribution in [0, 0.1) is 11.8 Å². The van der Waals surface area contributed by atoms with Crippen molar-refractivity contribution in [1.82, 2.24) is 0 Å². The molecule has 0 aromatic heterocycles. The number of alkyl halides is 1. The molecule has 1 aliphatic carbocycles. The molecule has 1 heterocycles. The zero-order valence-corrected chi connectivity index (χ0v) is 13.3. The Kier molecular flexibility index (Phi) is 3.95. The maximum absolute atomic E-state index is 6.42. The van der Waals surface area contributed by atoms with Crippen LogP contribution in [0.2, 0.25) is 5.02 Å². The summed E-state index contributed by atoms with van der Waals surface area (Å²) in [5, 5.41) is 0.769. The quantitative estimate of drug-likeness (QED) is 0.704. The van der Waals surface area contributed by atoms with Crippen molar-refractivity contribution >= 4 is 27.5 Å². The lowest BCUT2D eigenvalue weighted by atomic mass is 9.90. The van der Waals surface area contributed by atoms with Crippen LogP contribution in [0.15, 0.2) is 12.1 Å². The Morgan fingerprint density at radius 2 is 1.89 bits per heavy atom. The Balaban J connectivity index is 1.91. The van der Waals surface area contributed by atoms with E-state index in [-0.39, 0.29) is 0 Å². The molecule has 4 heteroatoms. The molecule has 0 N–H and O–H groups in total. The third-order valence-corrected chi connectivity index (χ3v) is 5.76. The summed E-state index contributed by atoms with van der Waals surface area (Å²) in [7, 11) is 0. The van der Waals surface area contributed by atoms with E-state index >= 15 is 0 Å². The Bertz CT molecular complexity index is 477. The van der Waals surface area contributed by atoms with Crippen molar-refractivity contribution in [2.75, 3.05) is 13.2 Å². The zero-order chi connectivity index (χ0) is 13.4. The highest BCUT2D eigenvalue weighted by Gasteiger charge is 2.32. The fraction of sp³-hybridized carbons (Fsp3) is 0.600. The summed E-state index contributed by atoms with van der Waals surface area (Å²) < 4.78 is 11.2. The highest BCUT2D eigenvalue weighted by Crippen LogP contribution is 2.48. The molecule has 3 rings (SSSR count). The molecule has 3 atom stereocenters. The van der Waals surface area contributed by atoms with E-state index in [1.54, 1.807) is 0 Å². The van der Waals surface area contributed by atoms with Gasteiger partial charge in [-0.25, -0.2) is 0 Å². The Labute approximate surface area is 127 Å². The SMILES string of the molecule is CC1CCCC1C(Br)c1cc2c(cc1Cl)OCCO2. The maximum Gasteiger partial charge on any atom is 0.162 e. The van der Waals surface area contributed by atoms with Gasteiger partial charge in [0.15, 0.2) is 11.5 Å². The molecule has 0 bridgehead atoms. The fourth-order valence-corrected chi connectivity index (χ4v) is 4.70. The van der Waals surface area contributed by atoms with E-state index in [0.717, 1.165) is 28.0 Å². The smallest absolute Gasteiger partial charge is 0.162 e. The van der Waals surface area contributed by atoms with Gasteiger partial charge in [0.2, 0.25) is 0 Å². The standard InChI is InChI=1S/C15H18BrClO2/c1-9-3-2-4-10(9)15(16)11-7-13-14(8-12(11)17)19-6-5-18-13/h7-10,15H,2-6H2,1H3. The lowest BCUT2D eigenvalue weighted by Crippen LogP contribution is -2.16. The van der Waals surface area contributed by atoms with Crippen molar-refractivity contribution in [3.8, 4) is 11.5 Å². The molecular weight excluding hydrogens is 328 g/mol. The molecule has 1 aromatic rings. The summed E-state index contributed by atoms with van der Waals surface area (Å²) >= 11 is 10.3. The zero-order valence-electron chi connectivity index (χ0n) is 11.0. The molecule has 0 radical (unpaired) electrons. The van der Waals surface area contributed by atoms with Crippen LogP contribution < -0.4 is 9.47 Å². The number of fused-ring (bicyclic) bond motifs is 1. The number of ether oxygens (including phenoxy) is 2. The van der Waals surface area contributed by atoms with Gasteiger partial charge in [-0.05, 0) is 29.9 Å². The molecule has 0 spiro atoms. The maximum atomic E-state index is 6.42. The first-order valence-electron chi connectivity index (χ1n) is 6.90. The monoisotopic (exact) mass is 344 g/mol.